The van der Waals surface area contributed by atoms with Crippen LogP contribution in [-0.4, -0.2) is 34.9 Å². The molecule has 1 saturated heterocycles. The Hall–Kier alpha value is -2.05. The first-order valence-electron chi connectivity index (χ1n) is 8.02. The van der Waals surface area contributed by atoms with E-state index in [0.29, 0.717) is 24.7 Å². The molecule has 0 saturated carbocycles. The molecule has 1 spiro atoms. The molecule has 2 aromatic rings. The number of nitrogens with one attached hydrogen (secondary N) is 2. The van der Waals surface area contributed by atoms with Crippen molar-refractivity contribution in [1.29, 1.82) is 0 Å². The Balaban J connectivity index is 1.63. The van der Waals surface area contributed by atoms with E-state index in [1.54, 1.807) is 0 Å². The molecule has 2 aliphatic heterocycles. The number of fused-ring (bicyclic) bond motifs is 1. The van der Waals surface area contributed by atoms with Gasteiger partial charge in [-0.2, -0.15) is 5.10 Å². The van der Waals surface area contributed by atoms with Gasteiger partial charge < -0.3 is 14.8 Å². The van der Waals surface area contributed by atoms with Crippen molar-refractivity contribution in [3.05, 3.63) is 46.7 Å². The number of H-pyrrole nitrogens is 1. The van der Waals surface area contributed by atoms with E-state index in [2.05, 4.69) is 15.5 Å². The van der Waals surface area contributed by atoms with Gasteiger partial charge in [0.1, 0.15) is 17.0 Å². The zero-order valence-corrected chi connectivity index (χ0v) is 13.8. The van der Waals surface area contributed by atoms with Gasteiger partial charge in [0.2, 0.25) is 0 Å². The maximum absolute atomic E-state index is 12.5. The summed E-state index contributed by atoms with van der Waals surface area (Å²) in [6.07, 6.45) is 3.77. The largest absolute Gasteiger partial charge is 0.487 e. The summed E-state index contributed by atoms with van der Waals surface area (Å²) in [5.41, 5.74) is 0.975. The van der Waals surface area contributed by atoms with Gasteiger partial charge in [0.15, 0.2) is 0 Å². The maximum atomic E-state index is 12.5. The lowest BCUT2D eigenvalue weighted by Crippen LogP contribution is -2.48. The molecule has 2 aliphatic rings. The number of nitrogens with zero attached hydrogens (tertiary/aromatic N) is 1. The number of rotatable bonds is 2. The molecule has 0 aliphatic carbocycles. The highest BCUT2D eigenvalue weighted by Gasteiger charge is 2.42. The van der Waals surface area contributed by atoms with Crippen molar-refractivity contribution in [1.82, 2.24) is 15.5 Å². The van der Waals surface area contributed by atoms with E-state index in [1.807, 2.05) is 24.3 Å². The molecule has 0 bridgehead atoms. The van der Waals surface area contributed by atoms with Crippen LogP contribution >= 0.6 is 11.6 Å². The zero-order chi connectivity index (χ0) is 16.6. The molecule has 1 unspecified atom stereocenters. The van der Waals surface area contributed by atoms with Crippen LogP contribution in [0, 0.1) is 0 Å². The number of aromatic nitrogens is 2. The van der Waals surface area contributed by atoms with Crippen molar-refractivity contribution in [2.75, 3.05) is 13.2 Å². The minimum atomic E-state index is -0.289. The Kier molecular flexibility index (Phi) is 3.94. The third-order valence-electron chi connectivity index (χ3n) is 4.73. The molecule has 1 aromatic heterocycles. The molecule has 4 rings (SSSR count). The summed E-state index contributed by atoms with van der Waals surface area (Å²) in [5.74, 6) is 0.563. The highest BCUT2D eigenvalue weighted by atomic mass is 35.5. The van der Waals surface area contributed by atoms with Crippen molar-refractivity contribution in [3.63, 3.8) is 0 Å². The lowest BCUT2D eigenvalue weighted by atomic mass is 9.82. The molecule has 126 valence electrons. The number of para-hydroxylation sites is 1. The number of halogens is 1. The number of ether oxygens (including phenoxy) is 2. The minimum absolute atomic E-state index is 0.139. The molecular formula is C17H18ClN3O3. The fourth-order valence-electron chi connectivity index (χ4n) is 3.46. The summed E-state index contributed by atoms with van der Waals surface area (Å²) in [7, 11) is 0. The molecular weight excluding hydrogens is 330 g/mol. The van der Waals surface area contributed by atoms with Crippen LogP contribution in [0.15, 0.2) is 30.5 Å². The topological polar surface area (TPSA) is 76.2 Å². The predicted octanol–water partition coefficient (Wildman–Crippen LogP) is 2.87. The second-order valence-electron chi connectivity index (χ2n) is 6.26. The molecule has 1 amide bonds. The van der Waals surface area contributed by atoms with Crippen LogP contribution in [0.1, 0.15) is 41.4 Å². The van der Waals surface area contributed by atoms with Gasteiger partial charge in [0.05, 0.1) is 30.5 Å². The lowest BCUT2D eigenvalue weighted by Gasteiger charge is -2.44. The van der Waals surface area contributed by atoms with E-state index < -0.39 is 0 Å². The number of hydrogen-bond acceptors (Lipinski definition) is 4. The van der Waals surface area contributed by atoms with Crippen LogP contribution in [0.25, 0.3) is 0 Å². The number of aromatic amines is 1. The van der Waals surface area contributed by atoms with Crippen molar-refractivity contribution >= 4 is 17.5 Å². The molecule has 2 N–H and O–H groups in total. The Morgan fingerprint density at radius 3 is 2.88 bits per heavy atom. The molecule has 3 heterocycles. The van der Waals surface area contributed by atoms with Gasteiger partial charge in [-0.1, -0.05) is 29.8 Å². The van der Waals surface area contributed by atoms with Crippen molar-refractivity contribution < 1.29 is 14.3 Å². The number of hydrogen-bond donors (Lipinski definition) is 2. The molecule has 1 atom stereocenters. The SMILES string of the molecule is O=C(NC1CC2(CCOCC2)Oc2ccccc21)c1[nH]ncc1Cl. The van der Waals surface area contributed by atoms with Crippen LogP contribution < -0.4 is 10.1 Å². The number of amides is 1. The third kappa shape index (κ3) is 2.76. The Labute approximate surface area is 144 Å². The summed E-state index contributed by atoms with van der Waals surface area (Å²) >= 11 is 6.00. The van der Waals surface area contributed by atoms with Gasteiger partial charge in [-0.25, -0.2) is 0 Å². The Morgan fingerprint density at radius 2 is 2.12 bits per heavy atom. The predicted molar refractivity (Wildman–Crippen MR) is 88.3 cm³/mol. The van der Waals surface area contributed by atoms with Gasteiger partial charge in [-0.3, -0.25) is 9.89 Å². The van der Waals surface area contributed by atoms with Gasteiger partial charge >= 0.3 is 0 Å². The Bertz CT molecular complexity index is 755. The second-order valence-corrected chi connectivity index (χ2v) is 6.67. The van der Waals surface area contributed by atoms with E-state index in [1.165, 1.54) is 6.20 Å². The van der Waals surface area contributed by atoms with Crippen LogP contribution in [0.4, 0.5) is 0 Å². The first kappa shape index (κ1) is 15.5. The van der Waals surface area contributed by atoms with Gasteiger partial charge in [0.25, 0.3) is 5.91 Å². The maximum Gasteiger partial charge on any atom is 0.271 e. The van der Waals surface area contributed by atoms with E-state index in [4.69, 9.17) is 21.1 Å². The number of benzene rings is 1. The monoisotopic (exact) mass is 347 g/mol. The first-order chi connectivity index (χ1) is 11.7. The summed E-state index contributed by atoms with van der Waals surface area (Å²) in [6, 6.07) is 7.70. The lowest BCUT2D eigenvalue weighted by molar-refractivity contribution is -0.0639. The molecule has 0 radical (unpaired) electrons. The number of carbonyl (C=O) groups is 1. The molecule has 1 aromatic carbocycles. The highest BCUT2D eigenvalue weighted by Crippen LogP contribution is 2.43. The summed E-state index contributed by atoms with van der Waals surface area (Å²) in [6.45, 7) is 1.35. The van der Waals surface area contributed by atoms with Crippen molar-refractivity contribution in [2.24, 2.45) is 0 Å². The van der Waals surface area contributed by atoms with E-state index in [0.717, 1.165) is 24.2 Å². The molecule has 6 nitrogen and oxygen atoms in total. The van der Waals surface area contributed by atoms with E-state index in [9.17, 15) is 4.79 Å². The van der Waals surface area contributed by atoms with Gasteiger partial charge in [-0.15, -0.1) is 0 Å². The zero-order valence-electron chi connectivity index (χ0n) is 13.0. The highest BCUT2D eigenvalue weighted by molar-refractivity contribution is 6.33. The summed E-state index contributed by atoms with van der Waals surface area (Å²) in [5, 5.41) is 9.84. The molecule has 24 heavy (non-hydrogen) atoms. The fraction of sp³-hybridized carbons (Fsp3) is 0.412. The van der Waals surface area contributed by atoms with Crippen LogP contribution in [-0.2, 0) is 4.74 Å². The van der Waals surface area contributed by atoms with E-state index >= 15 is 0 Å². The minimum Gasteiger partial charge on any atom is -0.487 e. The fourth-order valence-corrected chi connectivity index (χ4v) is 3.63. The van der Waals surface area contributed by atoms with Crippen LogP contribution in [0.5, 0.6) is 5.75 Å². The summed E-state index contributed by atoms with van der Waals surface area (Å²) in [4.78, 5) is 12.5. The van der Waals surface area contributed by atoms with Gasteiger partial charge in [-0.05, 0) is 6.07 Å². The second kappa shape index (κ2) is 6.11. The standard InChI is InChI=1S/C17H18ClN3O3/c18-12-10-19-21-15(12)16(22)20-13-9-17(5-7-23-8-6-17)24-14-4-2-1-3-11(13)14/h1-4,10,13H,5-9H2,(H,19,21)(H,20,22). The average molecular weight is 348 g/mol. The van der Waals surface area contributed by atoms with Crippen LogP contribution in [0.3, 0.4) is 0 Å². The van der Waals surface area contributed by atoms with Crippen LogP contribution in [0.2, 0.25) is 5.02 Å². The van der Waals surface area contributed by atoms with Crippen molar-refractivity contribution in [3.8, 4) is 5.75 Å². The van der Waals surface area contributed by atoms with E-state index in [-0.39, 0.29) is 23.2 Å². The average Bonchev–Trinajstić information content (AvgIpc) is 3.01. The quantitative estimate of drug-likeness (QED) is 0.875. The Morgan fingerprint density at radius 1 is 1.33 bits per heavy atom. The van der Waals surface area contributed by atoms with Crippen molar-refractivity contribution in [2.45, 2.75) is 30.9 Å². The first-order valence-corrected chi connectivity index (χ1v) is 8.40. The molecule has 1 fully saturated rings. The van der Waals surface area contributed by atoms with Gasteiger partial charge in [0, 0.05) is 24.8 Å². The normalized spacial score (nSPS) is 21.8. The smallest absolute Gasteiger partial charge is 0.271 e. The molecule has 7 heteroatoms. The third-order valence-corrected chi connectivity index (χ3v) is 5.01. The number of carbonyl (C=O) groups excluding carboxylic acids is 1. The summed E-state index contributed by atoms with van der Waals surface area (Å²) < 4.78 is 11.8.